The number of ether oxygens (including phenoxy) is 1. The van der Waals surface area contributed by atoms with Crippen molar-refractivity contribution < 1.29 is 135 Å². The van der Waals surface area contributed by atoms with Gasteiger partial charge in [-0.3, -0.25) is 8.42 Å². The van der Waals surface area contributed by atoms with E-state index in [-0.39, 0.29) is 109 Å². The summed E-state index contributed by atoms with van der Waals surface area (Å²) in [6.07, 6.45) is 12.8. The van der Waals surface area contributed by atoms with Gasteiger partial charge >= 0.3 is 103 Å². The standard InChI is InChI=1S/C18H39NO3.2K.H2O4S/c1-3-4-5-6-7-8-9-10-11-12-15-22-17-18(21)16-19(2)13-14-20;;;1-5(2,3)4/h18,20-21H,3-17H2,1-2H3;;;(H2,1,2,3,4)/q;2*+1;/p-2. The molecule has 0 spiro atoms. The summed E-state index contributed by atoms with van der Waals surface area (Å²) in [6, 6.07) is 0. The van der Waals surface area contributed by atoms with Crippen molar-refractivity contribution >= 4 is 10.4 Å². The Morgan fingerprint density at radius 3 is 1.76 bits per heavy atom. The molecule has 0 aliphatic carbocycles. The van der Waals surface area contributed by atoms with Gasteiger partial charge in [-0.05, 0) is 13.5 Å². The fourth-order valence-corrected chi connectivity index (χ4v) is 2.59. The maximum Gasteiger partial charge on any atom is 1.00 e. The number of hydrogen-bond donors (Lipinski definition) is 2. The molecule has 0 saturated heterocycles. The van der Waals surface area contributed by atoms with Gasteiger partial charge in [0.25, 0.3) is 0 Å². The Balaban J connectivity index is -0.000000396. The molecule has 1 atom stereocenters. The Morgan fingerprint density at radius 1 is 0.931 bits per heavy atom. The van der Waals surface area contributed by atoms with Gasteiger partial charge in [-0.2, -0.15) is 0 Å². The van der Waals surface area contributed by atoms with Crippen LogP contribution in [-0.4, -0.2) is 78.7 Å². The molecule has 2 N–H and O–H groups in total. The number of aliphatic hydroxyl groups excluding tert-OH is 2. The molecule has 0 aromatic carbocycles. The summed E-state index contributed by atoms with van der Waals surface area (Å²) in [6.45, 7) is 4.68. The summed E-state index contributed by atoms with van der Waals surface area (Å²) < 4.78 is 39.6. The van der Waals surface area contributed by atoms with Crippen molar-refractivity contribution in [3.05, 3.63) is 0 Å². The average molecular weight is 492 g/mol. The molecule has 0 fully saturated rings. The van der Waals surface area contributed by atoms with Crippen LogP contribution in [0, 0.1) is 0 Å². The maximum atomic E-state index is 9.76. The largest absolute Gasteiger partial charge is 1.00 e. The van der Waals surface area contributed by atoms with Gasteiger partial charge in [0.2, 0.25) is 0 Å². The van der Waals surface area contributed by atoms with E-state index in [1.54, 1.807) is 0 Å². The number of nitrogens with zero attached hydrogens (tertiary/aromatic N) is 1. The van der Waals surface area contributed by atoms with Gasteiger partial charge in [-0.15, -0.1) is 0 Å². The molecule has 0 aromatic heterocycles. The van der Waals surface area contributed by atoms with Crippen LogP contribution in [0.15, 0.2) is 0 Å². The van der Waals surface area contributed by atoms with Gasteiger partial charge in [0, 0.05) is 30.1 Å². The molecule has 29 heavy (non-hydrogen) atoms. The number of rotatable bonds is 17. The van der Waals surface area contributed by atoms with Crippen LogP contribution < -0.4 is 103 Å². The minimum Gasteiger partial charge on any atom is -0.759 e. The van der Waals surface area contributed by atoms with Crippen LogP contribution in [0.1, 0.15) is 71.1 Å². The zero-order valence-electron chi connectivity index (χ0n) is 19.0. The summed E-state index contributed by atoms with van der Waals surface area (Å²) in [5.74, 6) is 0. The van der Waals surface area contributed by atoms with E-state index in [1.165, 1.54) is 57.8 Å². The second-order valence-corrected chi connectivity index (χ2v) is 7.62. The Kier molecular flexibility index (Phi) is 39.2. The predicted octanol–water partition coefficient (Wildman–Crippen LogP) is -4.12. The van der Waals surface area contributed by atoms with E-state index in [2.05, 4.69) is 6.92 Å². The quantitative estimate of drug-likeness (QED) is 0.0907. The molecule has 8 nitrogen and oxygen atoms in total. The fourth-order valence-electron chi connectivity index (χ4n) is 2.59. The second-order valence-electron chi connectivity index (χ2n) is 6.80. The minimum atomic E-state index is -5.17. The summed E-state index contributed by atoms with van der Waals surface area (Å²) in [5, 5.41) is 18.5. The zero-order valence-corrected chi connectivity index (χ0v) is 26.0. The molecular formula is C18H39K2NO7S. The molecule has 11 heteroatoms. The molecule has 0 saturated carbocycles. The van der Waals surface area contributed by atoms with Gasteiger partial charge in [-0.25, -0.2) is 0 Å². The van der Waals surface area contributed by atoms with E-state index in [0.717, 1.165) is 13.0 Å². The van der Waals surface area contributed by atoms with Gasteiger partial charge in [0.15, 0.2) is 0 Å². The Morgan fingerprint density at radius 2 is 1.34 bits per heavy atom. The molecule has 0 radical (unpaired) electrons. The van der Waals surface area contributed by atoms with Crippen LogP contribution in [0.4, 0.5) is 0 Å². The number of unbranched alkanes of at least 4 members (excludes halogenated alkanes) is 9. The molecule has 0 heterocycles. The molecule has 1 unspecified atom stereocenters. The van der Waals surface area contributed by atoms with Crippen molar-refractivity contribution in [1.29, 1.82) is 0 Å². The van der Waals surface area contributed by atoms with Gasteiger partial charge in [0.1, 0.15) is 0 Å². The third kappa shape index (κ3) is 45.2. The van der Waals surface area contributed by atoms with E-state index >= 15 is 0 Å². The Hall–Kier alpha value is 2.98. The SMILES string of the molecule is CCCCCCCCCCCCOCC(O)CN(C)CCO.O=S(=O)([O-])[O-].[K+].[K+]. The van der Waals surface area contributed by atoms with Crippen LogP contribution in [0.3, 0.4) is 0 Å². The first-order valence-electron chi connectivity index (χ1n) is 9.92. The number of hydrogen-bond acceptors (Lipinski definition) is 8. The van der Waals surface area contributed by atoms with Crippen LogP contribution in [0.5, 0.6) is 0 Å². The van der Waals surface area contributed by atoms with Crippen molar-refractivity contribution in [2.24, 2.45) is 0 Å². The van der Waals surface area contributed by atoms with Crippen LogP contribution in [0.25, 0.3) is 0 Å². The molecule has 0 aromatic rings. The summed E-state index contributed by atoms with van der Waals surface area (Å²) in [7, 11) is -3.28. The van der Waals surface area contributed by atoms with Crippen LogP contribution >= 0.6 is 0 Å². The third-order valence-corrected chi connectivity index (χ3v) is 3.96. The van der Waals surface area contributed by atoms with E-state index in [0.29, 0.717) is 19.7 Å². The average Bonchev–Trinajstić information content (AvgIpc) is 2.54. The van der Waals surface area contributed by atoms with E-state index < -0.39 is 16.5 Å². The van der Waals surface area contributed by atoms with Gasteiger partial charge in [0.05, 0.1) is 19.3 Å². The van der Waals surface area contributed by atoms with Crippen molar-refractivity contribution in [3.63, 3.8) is 0 Å². The maximum absolute atomic E-state index is 9.76. The minimum absolute atomic E-state index is 0. The normalized spacial score (nSPS) is 11.8. The molecule has 0 aliphatic heterocycles. The van der Waals surface area contributed by atoms with E-state index in [9.17, 15) is 5.11 Å². The number of likely N-dealkylation sites (N-methyl/N-ethyl adjacent to an activating group) is 1. The first-order chi connectivity index (χ1) is 12.7. The summed E-state index contributed by atoms with van der Waals surface area (Å²) >= 11 is 0. The summed E-state index contributed by atoms with van der Waals surface area (Å²) in [4.78, 5) is 1.91. The van der Waals surface area contributed by atoms with Crippen molar-refractivity contribution in [2.75, 3.05) is 40.0 Å². The van der Waals surface area contributed by atoms with E-state index in [1.807, 2.05) is 11.9 Å². The molecule has 0 amide bonds. The molecule has 0 bridgehead atoms. The van der Waals surface area contributed by atoms with Crippen molar-refractivity contribution in [2.45, 2.75) is 77.2 Å². The first kappa shape index (κ1) is 39.2. The molecular weight excluding hydrogens is 452 g/mol. The van der Waals surface area contributed by atoms with E-state index in [4.69, 9.17) is 27.4 Å². The Labute approximate surface area is 263 Å². The van der Waals surface area contributed by atoms with Crippen LogP contribution in [-0.2, 0) is 15.1 Å². The number of aliphatic hydroxyl groups is 2. The smallest absolute Gasteiger partial charge is 0.759 e. The molecule has 0 aliphatic rings. The fraction of sp³-hybridized carbons (Fsp3) is 1.00. The first-order valence-corrected chi connectivity index (χ1v) is 11.3. The molecule has 0 rings (SSSR count). The van der Waals surface area contributed by atoms with Crippen molar-refractivity contribution in [1.82, 2.24) is 4.90 Å². The van der Waals surface area contributed by atoms with Crippen LogP contribution in [0.2, 0.25) is 0 Å². The monoisotopic (exact) mass is 491 g/mol. The Bertz CT molecular complexity index is 396. The third-order valence-electron chi connectivity index (χ3n) is 3.96. The summed E-state index contributed by atoms with van der Waals surface area (Å²) in [5.41, 5.74) is 0. The zero-order chi connectivity index (χ0) is 21.0. The topological polar surface area (TPSA) is 133 Å². The van der Waals surface area contributed by atoms with Crippen molar-refractivity contribution in [3.8, 4) is 0 Å². The second kappa shape index (κ2) is 29.0. The van der Waals surface area contributed by atoms with Gasteiger partial charge in [-0.1, -0.05) is 64.7 Å². The molecule has 166 valence electrons. The predicted molar refractivity (Wildman–Crippen MR) is 104 cm³/mol. The van der Waals surface area contributed by atoms with Gasteiger partial charge < -0.3 is 29.0 Å².